The van der Waals surface area contributed by atoms with Gasteiger partial charge in [-0.1, -0.05) is 23.3 Å². The Morgan fingerprint density at radius 3 is 2.04 bits per heavy atom. The number of carbonyl (C=O) groups is 1. The van der Waals surface area contributed by atoms with Crippen molar-refractivity contribution in [2.24, 2.45) is 0 Å². The molecule has 0 spiro atoms. The number of ether oxygens (including phenoxy) is 2. The summed E-state index contributed by atoms with van der Waals surface area (Å²) in [7, 11) is 2.51. The second-order valence-electron chi connectivity index (χ2n) is 7.13. The van der Waals surface area contributed by atoms with Crippen molar-refractivity contribution in [2.75, 3.05) is 14.2 Å². The standard InChI is InChI=1S/C22H32O6/c1-14(2)8-7-9-15(3)10-12-17-19(24)18(13-11-16(4)23)21(26)22(27-5,28-6)20(17)25/h8,10-11,23-24,26H,7,9,12-13H2,1-6H3/b15-10+,16-11+. The Kier molecular flexibility index (Phi) is 8.72. The third kappa shape index (κ3) is 5.36. The maximum absolute atomic E-state index is 13.0. The minimum Gasteiger partial charge on any atom is -0.513 e. The number of rotatable bonds is 9. The van der Waals surface area contributed by atoms with Gasteiger partial charge in [0, 0.05) is 31.8 Å². The third-order valence-electron chi connectivity index (χ3n) is 4.66. The summed E-state index contributed by atoms with van der Waals surface area (Å²) in [5.74, 6) is -3.43. The molecule has 1 aliphatic rings. The van der Waals surface area contributed by atoms with Gasteiger partial charge in [-0.05, 0) is 53.0 Å². The zero-order chi connectivity index (χ0) is 21.5. The van der Waals surface area contributed by atoms with Crippen molar-refractivity contribution in [2.45, 2.75) is 59.2 Å². The molecule has 3 N–H and O–H groups in total. The number of hydrogen-bond acceptors (Lipinski definition) is 6. The Hall–Kier alpha value is -2.31. The molecule has 0 radical (unpaired) electrons. The zero-order valence-electron chi connectivity index (χ0n) is 17.6. The van der Waals surface area contributed by atoms with Crippen LogP contribution in [-0.4, -0.2) is 41.1 Å². The van der Waals surface area contributed by atoms with E-state index in [2.05, 4.69) is 6.08 Å². The lowest BCUT2D eigenvalue weighted by atomic mass is 9.86. The maximum atomic E-state index is 13.0. The Labute approximate surface area is 167 Å². The van der Waals surface area contributed by atoms with Crippen molar-refractivity contribution >= 4 is 5.78 Å². The molecule has 0 saturated heterocycles. The molecule has 0 aliphatic heterocycles. The average molecular weight is 392 g/mol. The van der Waals surface area contributed by atoms with E-state index >= 15 is 0 Å². The van der Waals surface area contributed by atoms with Gasteiger partial charge in [-0.3, -0.25) is 4.79 Å². The van der Waals surface area contributed by atoms with Gasteiger partial charge in [-0.25, -0.2) is 0 Å². The van der Waals surface area contributed by atoms with E-state index in [9.17, 15) is 20.1 Å². The van der Waals surface area contributed by atoms with Crippen LogP contribution in [0, 0.1) is 0 Å². The molecule has 0 atom stereocenters. The fourth-order valence-electron chi connectivity index (χ4n) is 2.97. The number of allylic oxidation sites excluding steroid dienone is 7. The molecule has 1 rings (SSSR count). The molecule has 0 saturated carbocycles. The van der Waals surface area contributed by atoms with Gasteiger partial charge in [0.1, 0.15) is 5.76 Å². The van der Waals surface area contributed by atoms with E-state index in [1.54, 1.807) is 0 Å². The number of methoxy groups -OCH3 is 2. The molecule has 6 nitrogen and oxygen atoms in total. The topological polar surface area (TPSA) is 96.2 Å². The van der Waals surface area contributed by atoms with Gasteiger partial charge in [-0.15, -0.1) is 0 Å². The number of carbonyl (C=O) groups excluding carboxylic acids is 1. The van der Waals surface area contributed by atoms with Gasteiger partial charge in [0.25, 0.3) is 5.79 Å². The molecule has 0 amide bonds. The lowest BCUT2D eigenvalue weighted by molar-refractivity contribution is -0.199. The zero-order valence-corrected chi connectivity index (χ0v) is 17.6. The van der Waals surface area contributed by atoms with E-state index in [1.165, 1.54) is 32.8 Å². The average Bonchev–Trinajstić information content (AvgIpc) is 2.62. The quantitative estimate of drug-likeness (QED) is 0.286. The summed E-state index contributed by atoms with van der Waals surface area (Å²) in [5, 5.41) is 30.7. The first-order valence-electron chi connectivity index (χ1n) is 9.25. The summed E-state index contributed by atoms with van der Waals surface area (Å²) < 4.78 is 10.5. The van der Waals surface area contributed by atoms with Crippen molar-refractivity contribution in [3.8, 4) is 0 Å². The predicted octanol–water partition coefficient (Wildman–Crippen LogP) is 5.12. The largest absolute Gasteiger partial charge is 0.513 e. The molecule has 0 aromatic rings. The molecule has 6 heteroatoms. The number of aliphatic hydroxyl groups excluding tert-OH is 3. The first kappa shape index (κ1) is 23.7. The lowest BCUT2D eigenvalue weighted by Crippen LogP contribution is -2.48. The fourth-order valence-corrected chi connectivity index (χ4v) is 2.97. The van der Waals surface area contributed by atoms with Crippen LogP contribution in [0.5, 0.6) is 0 Å². The highest BCUT2D eigenvalue weighted by Gasteiger charge is 2.50. The van der Waals surface area contributed by atoms with Crippen molar-refractivity contribution in [1.29, 1.82) is 0 Å². The van der Waals surface area contributed by atoms with Gasteiger partial charge in [0.15, 0.2) is 5.76 Å². The molecule has 0 bridgehead atoms. The third-order valence-corrected chi connectivity index (χ3v) is 4.66. The molecular formula is C22H32O6. The number of ketones is 1. The van der Waals surface area contributed by atoms with Crippen molar-refractivity contribution in [3.05, 3.63) is 57.8 Å². The molecule has 0 fully saturated rings. The van der Waals surface area contributed by atoms with E-state index in [1.807, 2.05) is 26.8 Å². The van der Waals surface area contributed by atoms with Crippen molar-refractivity contribution in [1.82, 2.24) is 0 Å². The highest BCUT2D eigenvalue weighted by atomic mass is 16.7. The number of Topliss-reactive ketones (excluding diaryl/α,β-unsaturated/α-hetero) is 1. The highest BCUT2D eigenvalue weighted by molar-refractivity contribution is 6.05. The normalized spacial score (nSPS) is 18.0. The lowest BCUT2D eigenvalue weighted by Gasteiger charge is -2.34. The van der Waals surface area contributed by atoms with E-state index in [4.69, 9.17) is 9.47 Å². The van der Waals surface area contributed by atoms with Crippen LogP contribution in [0.1, 0.15) is 53.4 Å². The van der Waals surface area contributed by atoms with E-state index in [0.717, 1.165) is 18.4 Å². The van der Waals surface area contributed by atoms with Gasteiger partial charge in [-0.2, -0.15) is 0 Å². The Morgan fingerprint density at radius 1 is 0.964 bits per heavy atom. The van der Waals surface area contributed by atoms with E-state index in [-0.39, 0.29) is 35.5 Å². The van der Waals surface area contributed by atoms with Gasteiger partial charge in [0.2, 0.25) is 5.78 Å². The first-order chi connectivity index (χ1) is 13.1. The highest BCUT2D eigenvalue weighted by Crippen LogP contribution is 2.38. The summed E-state index contributed by atoms with van der Waals surface area (Å²) in [6.45, 7) is 7.53. The fraction of sp³-hybridized carbons (Fsp3) is 0.500. The van der Waals surface area contributed by atoms with Crippen molar-refractivity contribution in [3.63, 3.8) is 0 Å². The first-order valence-corrected chi connectivity index (χ1v) is 9.25. The van der Waals surface area contributed by atoms with Crippen LogP contribution in [0.3, 0.4) is 0 Å². The molecule has 0 aromatic heterocycles. The molecule has 28 heavy (non-hydrogen) atoms. The van der Waals surface area contributed by atoms with Gasteiger partial charge >= 0.3 is 0 Å². The number of aliphatic hydroxyl groups is 3. The second kappa shape index (κ2) is 10.3. The summed E-state index contributed by atoms with van der Waals surface area (Å²) in [6.07, 6.45) is 7.39. The molecular weight excluding hydrogens is 360 g/mol. The van der Waals surface area contributed by atoms with Crippen LogP contribution in [0.4, 0.5) is 0 Å². The maximum Gasteiger partial charge on any atom is 0.293 e. The predicted molar refractivity (Wildman–Crippen MR) is 109 cm³/mol. The SMILES string of the molecule is COC1(OC)C(=O)C(C/C=C(\C)CCC=C(C)C)=C(O)C(C/C=C(\C)O)=C1O. The van der Waals surface area contributed by atoms with Crippen LogP contribution in [0.2, 0.25) is 0 Å². The number of hydrogen-bond donors (Lipinski definition) is 3. The molecule has 156 valence electrons. The summed E-state index contributed by atoms with van der Waals surface area (Å²) in [4.78, 5) is 13.0. The molecule has 0 aromatic carbocycles. The Balaban J connectivity index is 3.28. The van der Waals surface area contributed by atoms with Crippen LogP contribution >= 0.6 is 0 Å². The van der Waals surface area contributed by atoms with Crippen LogP contribution in [0.25, 0.3) is 0 Å². The van der Waals surface area contributed by atoms with Gasteiger partial charge in [0.05, 0.1) is 5.76 Å². The monoisotopic (exact) mass is 392 g/mol. The second-order valence-corrected chi connectivity index (χ2v) is 7.13. The summed E-state index contributed by atoms with van der Waals surface area (Å²) >= 11 is 0. The van der Waals surface area contributed by atoms with Crippen LogP contribution < -0.4 is 0 Å². The van der Waals surface area contributed by atoms with E-state index in [0.29, 0.717) is 0 Å². The molecule has 0 heterocycles. The van der Waals surface area contributed by atoms with Crippen molar-refractivity contribution < 1.29 is 29.6 Å². The van der Waals surface area contributed by atoms with Crippen LogP contribution in [-0.2, 0) is 14.3 Å². The Bertz CT molecular complexity index is 737. The van der Waals surface area contributed by atoms with Gasteiger partial charge < -0.3 is 24.8 Å². The van der Waals surface area contributed by atoms with E-state index < -0.39 is 17.3 Å². The molecule has 1 aliphatic carbocycles. The Morgan fingerprint density at radius 2 is 1.54 bits per heavy atom. The smallest absolute Gasteiger partial charge is 0.293 e. The minimum atomic E-state index is -2.00. The summed E-state index contributed by atoms with van der Waals surface area (Å²) in [5.41, 5.74) is 2.51. The molecule has 0 unspecified atom stereocenters. The van der Waals surface area contributed by atoms with Crippen LogP contribution in [0.15, 0.2) is 57.8 Å². The minimum absolute atomic E-state index is 0.0223. The summed E-state index contributed by atoms with van der Waals surface area (Å²) in [6, 6.07) is 0.